The van der Waals surface area contributed by atoms with Crippen LogP contribution in [0.4, 0.5) is 18.0 Å². The van der Waals surface area contributed by atoms with Crippen LogP contribution in [-0.2, 0) is 10.9 Å². The van der Waals surface area contributed by atoms with Crippen molar-refractivity contribution >= 4 is 6.09 Å². The van der Waals surface area contributed by atoms with Gasteiger partial charge in [0.05, 0.1) is 23.9 Å². The van der Waals surface area contributed by atoms with E-state index >= 15 is 0 Å². The summed E-state index contributed by atoms with van der Waals surface area (Å²) in [4.78, 5) is 18.7. The van der Waals surface area contributed by atoms with Crippen molar-refractivity contribution < 1.29 is 27.8 Å². The molecule has 2 rings (SSSR count). The van der Waals surface area contributed by atoms with Gasteiger partial charge in [0.1, 0.15) is 0 Å². The van der Waals surface area contributed by atoms with Crippen LogP contribution < -0.4 is 0 Å². The van der Waals surface area contributed by atoms with E-state index in [1.54, 1.807) is 6.92 Å². The molecule has 0 radical (unpaired) electrons. The second-order valence-corrected chi connectivity index (χ2v) is 6.27. The molecular formula is C16H22F3N3O3. The minimum absolute atomic E-state index is 0.114. The van der Waals surface area contributed by atoms with Crippen LogP contribution in [0.3, 0.4) is 0 Å². The second-order valence-electron chi connectivity index (χ2n) is 6.27. The van der Waals surface area contributed by atoms with Gasteiger partial charge < -0.3 is 14.7 Å². The third-order valence-electron chi connectivity index (χ3n) is 4.46. The number of amides is 1. The van der Waals surface area contributed by atoms with Crippen LogP contribution in [0.25, 0.3) is 0 Å². The number of alkyl halides is 3. The highest BCUT2D eigenvalue weighted by Crippen LogP contribution is 2.31. The number of piperazine rings is 1. The highest BCUT2D eigenvalue weighted by Gasteiger charge is 2.37. The van der Waals surface area contributed by atoms with E-state index in [2.05, 4.69) is 4.98 Å². The predicted octanol–water partition coefficient (Wildman–Crippen LogP) is 2.86. The molecule has 25 heavy (non-hydrogen) atoms. The molecule has 2 heterocycles. The number of halogens is 3. The lowest BCUT2D eigenvalue weighted by atomic mass is 10.0. The lowest BCUT2D eigenvalue weighted by Crippen LogP contribution is -2.59. The van der Waals surface area contributed by atoms with Gasteiger partial charge in [-0.1, -0.05) is 0 Å². The van der Waals surface area contributed by atoms with Crippen LogP contribution >= 0.6 is 0 Å². The van der Waals surface area contributed by atoms with Crippen LogP contribution in [0, 0.1) is 0 Å². The fourth-order valence-electron chi connectivity index (χ4n) is 3.13. The van der Waals surface area contributed by atoms with Gasteiger partial charge in [-0.2, -0.15) is 13.2 Å². The number of carboxylic acid groups (broad SMARTS) is 1. The molecule has 1 saturated heterocycles. The summed E-state index contributed by atoms with van der Waals surface area (Å²) in [6, 6.07) is 1.67. The van der Waals surface area contributed by atoms with Crippen molar-refractivity contribution in [3.8, 4) is 0 Å². The molecule has 1 aliphatic rings. The largest absolute Gasteiger partial charge is 0.465 e. The monoisotopic (exact) mass is 361 g/mol. The second kappa shape index (κ2) is 7.57. The molecule has 0 spiro atoms. The normalized spacial score (nSPS) is 23.5. The minimum atomic E-state index is -4.43. The standard InChI is InChI=1S/C16H22F3N3O3/c1-10-8-22(15(23)24)11(2)7-21(10)14(9-25-3)13-5-4-12(6-20-13)16(17,18)19/h4-6,10-11,14H,7-9H2,1-3H3,(H,23,24)/t10-,11+,14?/m1/s1. The zero-order chi connectivity index (χ0) is 18.8. The lowest BCUT2D eigenvalue weighted by molar-refractivity contribution is -0.137. The molecule has 0 aliphatic carbocycles. The summed E-state index contributed by atoms with van der Waals surface area (Å²) in [6.07, 6.45) is -4.59. The summed E-state index contributed by atoms with van der Waals surface area (Å²) in [6.45, 7) is 4.70. The van der Waals surface area contributed by atoms with E-state index in [4.69, 9.17) is 4.74 Å². The molecule has 1 amide bonds. The molecule has 1 unspecified atom stereocenters. The van der Waals surface area contributed by atoms with Gasteiger partial charge in [-0.05, 0) is 26.0 Å². The molecule has 6 nitrogen and oxygen atoms in total. The van der Waals surface area contributed by atoms with Crippen molar-refractivity contribution in [3.05, 3.63) is 29.6 Å². The SMILES string of the molecule is COCC(c1ccc(C(F)(F)F)cn1)N1C[C@H](C)N(C(=O)O)C[C@H]1C. The number of methoxy groups -OCH3 is 1. The molecule has 1 aromatic heterocycles. The fourth-order valence-corrected chi connectivity index (χ4v) is 3.13. The molecule has 0 aromatic carbocycles. The van der Waals surface area contributed by atoms with Crippen molar-refractivity contribution in [2.75, 3.05) is 26.8 Å². The Kier molecular flexibility index (Phi) is 5.89. The zero-order valence-corrected chi connectivity index (χ0v) is 14.3. The Labute approximate surface area is 144 Å². The first-order chi connectivity index (χ1) is 11.6. The van der Waals surface area contributed by atoms with E-state index in [-0.39, 0.29) is 24.7 Å². The maximum Gasteiger partial charge on any atom is 0.417 e. The van der Waals surface area contributed by atoms with Gasteiger partial charge in [0, 0.05) is 38.5 Å². The highest BCUT2D eigenvalue weighted by atomic mass is 19.4. The Morgan fingerprint density at radius 2 is 2.04 bits per heavy atom. The summed E-state index contributed by atoms with van der Waals surface area (Å²) >= 11 is 0. The quantitative estimate of drug-likeness (QED) is 0.893. The summed E-state index contributed by atoms with van der Waals surface area (Å²) in [5.41, 5.74) is -0.331. The van der Waals surface area contributed by atoms with Crippen molar-refractivity contribution in [2.24, 2.45) is 0 Å². The molecular weight excluding hydrogens is 339 g/mol. The minimum Gasteiger partial charge on any atom is -0.465 e. The van der Waals surface area contributed by atoms with Crippen molar-refractivity contribution in [1.29, 1.82) is 0 Å². The molecule has 1 N–H and O–H groups in total. The number of carbonyl (C=O) groups is 1. The van der Waals surface area contributed by atoms with Crippen LogP contribution in [0.15, 0.2) is 18.3 Å². The topological polar surface area (TPSA) is 65.9 Å². The number of hydrogen-bond acceptors (Lipinski definition) is 4. The highest BCUT2D eigenvalue weighted by molar-refractivity contribution is 5.65. The number of aromatic nitrogens is 1. The number of hydrogen-bond donors (Lipinski definition) is 1. The first-order valence-corrected chi connectivity index (χ1v) is 7.92. The summed E-state index contributed by atoms with van der Waals surface area (Å²) in [7, 11) is 1.51. The molecule has 140 valence electrons. The van der Waals surface area contributed by atoms with E-state index < -0.39 is 17.8 Å². The van der Waals surface area contributed by atoms with Crippen molar-refractivity contribution in [3.63, 3.8) is 0 Å². The number of ether oxygens (including phenoxy) is 1. The van der Waals surface area contributed by atoms with Crippen LogP contribution in [0.2, 0.25) is 0 Å². The zero-order valence-electron chi connectivity index (χ0n) is 14.3. The number of rotatable bonds is 4. The third-order valence-corrected chi connectivity index (χ3v) is 4.46. The average molecular weight is 361 g/mol. The van der Waals surface area contributed by atoms with Crippen LogP contribution in [0.1, 0.15) is 31.1 Å². The summed E-state index contributed by atoms with van der Waals surface area (Å²) < 4.78 is 43.4. The van der Waals surface area contributed by atoms with Gasteiger partial charge in [0.15, 0.2) is 0 Å². The molecule has 1 aliphatic heterocycles. The van der Waals surface area contributed by atoms with Crippen LogP contribution in [0.5, 0.6) is 0 Å². The Morgan fingerprint density at radius 3 is 2.52 bits per heavy atom. The Hall–Kier alpha value is -1.87. The number of nitrogens with zero attached hydrogens (tertiary/aromatic N) is 3. The Bertz CT molecular complexity index is 595. The van der Waals surface area contributed by atoms with Gasteiger partial charge in [-0.15, -0.1) is 0 Å². The van der Waals surface area contributed by atoms with Crippen molar-refractivity contribution in [2.45, 2.75) is 38.1 Å². The van der Waals surface area contributed by atoms with E-state index in [1.165, 1.54) is 18.1 Å². The third kappa shape index (κ3) is 4.40. The van der Waals surface area contributed by atoms with E-state index in [0.717, 1.165) is 12.3 Å². The first-order valence-electron chi connectivity index (χ1n) is 7.92. The van der Waals surface area contributed by atoms with Gasteiger partial charge in [-0.3, -0.25) is 9.88 Å². The average Bonchev–Trinajstić information content (AvgIpc) is 2.54. The molecule has 0 bridgehead atoms. The van der Waals surface area contributed by atoms with E-state index in [0.29, 0.717) is 18.8 Å². The van der Waals surface area contributed by atoms with Crippen LogP contribution in [-0.4, -0.2) is 64.9 Å². The lowest BCUT2D eigenvalue weighted by Gasteiger charge is -2.46. The molecule has 0 saturated carbocycles. The maximum absolute atomic E-state index is 12.7. The van der Waals surface area contributed by atoms with Gasteiger partial charge >= 0.3 is 12.3 Å². The molecule has 9 heteroatoms. The predicted molar refractivity (Wildman–Crippen MR) is 84.2 cm³/mol. The smallest absolute Gasteiger partial charge is 0.417 e. The van der Waals surface area contributed by atoms with Crippen molar-refractivity contribution in [1.82, 2.24) is 14.8 Å². The van der Waals surface area contributed by atoms with Gasteiger partial charge in [-0.25, -0.2) is 4.79 Å². The van der Waals surface area contributed by atoms with E-state index in [9.17, 15) is 23.1 Å². The summed E-state index contributed by atoms with van der Waals surface area (Å²) in [5, 5.41) is 9.24. The maximum atomic E-state index is 12.7. The first kappa shape index (κ1) is 19.5. The molecule has 1 fully saturated rings. The van der Waals surface area contributed by atoms with Gasteiger partial charge in [0.2, 0.25) is 0 Å². The molecule has 1 aromatic rings. The Morgan fingerprint density at radius 1 is 1.36 bits per heavy atom. The molecule has 3 atom stereocenters. The van der Waals surface area contributed by atoms with Gasteiger partial charge in [0.25, 0.3) is 0 Å². The van der Waals surface area contributed by atoms with E-state index in [1.807, 2.05) is 11.8 Å². The fraction of sp³-hybridized carbons (Fsp3) is 0.625. The Balaban J connectivity index is 2.24. The summed E-state index contributed by atoms with van der Waals surface area (Å²) in [5.74, 6) is 0. The number of pyridine rings is 1.